The number of hydrogen-bond donors (Lipinski definition) is 2. The molecule has 0 aromatic heterocycles. The van der Waals surface area contributed by atoms with E-state index in [1.807, 2.05) is 0 Å². The van der Waals surface area contributed by atoms with Crippen LogP contribution in [0.1, 0.15) is 12.5 Å². The maximum Gasteiger partial charge on any atom is 0.240 e. The van der Waals surface area contributed by atoms with Crippen LogP contribution in [0.2, 0.25) is 0 Å². The Balaban J connectivity index is 2.82. The standard InChI is InChI=1S/C11H18N2O3S/c1-9(16-2)8-13-17(14,15)11-5-3-4-10(6-11)7-12/h3-6,9,13H,7-8,12H2,1-2H3. The summed E-state index contributed by atoms with van der Waals surface area (Å²) in [5.41, 5.74) is 6.26. The summed E-state index contributed by atoms with van der Waals surface area (Å²) in [7, 11) is -1.95. The highest BCUT2D eigenvalue weighted by Gasteiger charge is 2.14. The zero-order chi connectivity index (χ0) is 12.9. The van der Waals surface area contributed by atoms with Gasteiger partial charge in [0.1, 0.15) is 0 Å². The van der Waals surface area contributed by atoms with E-state index in [-0.39, 0.29) is 17.5 Å². The lowest BCUT2D eigenvalue weighted by Crippen LogP contribution is -2.31. The molecule has 0 spiro atoms. The molecule has 0 aliphatic heterocycles. The lowest BCUT2D eigenvalue weighted by Gasteiger charge is -2.11. The van der Waals surface area contributed by atoms with Gasteiger partial charge in [0.05, 0.1) is 11.0 Å². The van der Waals surface area contributed by atoms with Crippen molar-refractivity contribution in [3.63, 3.8) is 0 Å². The maximum absolute atomic E-state index is 11.9. The first-order valence-corrected chi connectivity index (χ1v) is 6.79. The minimum absolute atomic E-state index is 0.164. The number of rotatable bonds is 6. The molecule has 0 aliphatic rings. The van der Waals surface area contributed by atoms with Gasteiger partial charge in [-0.3, -0.25) is 0 Å². The van der Waals surface area contributed by atoms with E-state index in [0.29, 0.717) is 6.54 Å². The third-order valence-electron chi connectivity index (χ3n) is 2.41. The number of nitrogens with one attached hydrogen (secondary N) is 1. The molecule has 0 bridgehead atoms. The summed E-state index contributed by atoms with van der Waals surface area (Å²) in [5, 5.41) is 0. The van der Waals surface area contributed by atoms with Gasteiger partial charge >= 0.3 is 0 Å². The molecule has 1 aromatic rings. The summed E-state index contributed by atoms with van der Waals surface area (Å²) in [4.78, 5) is 0.226. The molecule has 1 aromatic carbocycles. The van der Waals surface area contributed by atoms with Gasteiger partial charge in [0, 0.05) is 20.2 Å². The van der Waals surface area contributed by atoms with Crippen molar-refractivity contribution in [2.75, 3.05) is 13.7 Å². The van der Waals surface area contributed by atoms with Crippen molar-refractivity contribution < 1.29 is 13.2 Å². The van der Waals surface area contributed by atoms with Gasteiger partial charge in [-0.1, -0.05) is 12.1 Å². The van der Waals surface area contributed by atoms with Crippen LogP contribution in [0, 0.1) is 0 Å². The van der Waals surface area contributed by atoms with E-state index in [4.69, 9.17) is 10.5 Å². The van der Waals surface area contributed by atoms with E-state index in [9.17, 15) is 8.42 Å². The third-order valence-corrected chi connectivity index (χ3v) is 3.83. The van der Waals surface area contributed by atoms with E-state index in [2.05, 4.69) is 4.72 Å². The number of benzene rings is 1. The number of methoxy groups -OCH3 is 1. The summed E-state index contributed by atoms with van der Waals surface area (Å²) in [5.74, 6) is 0. The monoisotopic (exact) mass is 258 g/mol. The summed E-state index contributed by atoms with van der Waals surface area (Å²) in [6.45, 7) is 2.35. The molecule has 3 N–H and O–H groups in total. The second kappa shape index (κ2) is 6.11. The van der Waals surface area contributed by atoms with Crippen molar-refractivity contribution >= 4 is 10.0 Å². The van der Waals surface area contributed by atoms with Crippen LogP contribution in [-0.2, 0) is 21.3 Å². The molecule has 96 valence electrons. The highest BCUT2D eigenvalue weighted by atomic mass is 32.2. The van der Waals surface area contributed by atoms with Gasteiger partial charge < -0.3 is 10.5 Å². The van der Waals surface area contributed by atoms with Crippen molar-refractivity contribution in [3.8, 4) is 0 Å². The van der Waals surface area contributed by atoms with Gasteiger partial charge in [-0.2, -0.15) is 0 Å². The number of ether oxygens (including phenoxy) is 1. The van der Waals surface area contributed by atoms with Crippen LogP contribution in [0.4, 0.5) is 0 Å². The first kappa shape index (κ1) is 14.1. The fourth-order valence-electron chi connectivity index (χ4n) is 1.23. The molecule has 1 unspecified atom stereocenters. The van der Waals surface area contributed by atoms with Crippen molar-refractivity contribution in [1.82, 2.24) is 4.72 Å². The topological polar surface area (TPSA) is 81.4 Å². The summed E-state index contributed by atoms with van der Waals surface area (Å²) in [6, 6.07) is 6.58. The second-order valence-corrected chi connectivity index (χ2v) is 5.52. The smallest absolute Gasteiger partial charge is 0.240 e. The van der Waals surface area contributed by atoms with Crippen LogP contribution < -0.4 is 10.5 Å². The summed E-state index contributed by atoms with van der Waals surface area (Å²) in [6.07, 6.45) is -0.164. The van der Waals surface area contributed by atoms with E-state index >= 15 is 0 Å². The molecule has 0 heterocycles. The van der Waals surface area contributed by atoms with Crippen LogP contribution in [0.15, 0.2) is 29.2 Å². The largest absolute Gasteiger partial charge is 0.380 e. The molecule has 0 amide bonds. The zero-order valence-corrected chi connectivity index (χ0v) is 10.8. The minimum atomic E-state index is -3.48. The third kappa shape index (κ3) is 4.08. The van der Waals surface area contributed by atoms with Crippen molar-refractivity contribution in [2.45, 2.75) is 24.5 Å². The Bertz CT molecular complexity index is 460. The average molecular weight is 258 g/mol. The van der Waals surface area contributed by atoms with E-state index < -0.39 is 10.0 Å². The lowest BCUT2D eigenvalue weighted by atomic mass is 10.2. The summed E-state index contributed by atoms with van der Waals surface area (Å²) >= 11 is 0. The fraction of sp³-hybridized carbons (Fsp3) is 0.455. The van der Waals surface area contributed by atoms with Crippen LogP contribution in [0.3, 0.4) is 0 Å². The van der Waals surface area contributed by atoms with Crippen molar-refractivity contribution in [3.05, 3.63) is 29.8 Å². The van der Waals surface area contributed by atoms with Crippen LogP contribution >= 0.6 is 0 Å². The first-order chi connectivity index (χ1) is 7.99. The Morgan fingerprint density at radius 3 is 2.76 bits per heavy atom. The number of sulfonamides is 1. The molecule has 6 heteroatoms. The maximum atomic E-state index is 11.9. The van der Waals surface area contributed by atoms with Gasteiger partial charge in [-0.05, 0) is 24.6 Å². The van der Waals surface area contributed by atoms with Gasteiger partial charge in [-0.25, -0.2) is 13.1 Å². The van der Waals surface area contributed by atoms with Gasteiger partial charge in [-0.15, -0.1) is 0 Å². The van der Waals surface area contributed by atoms with E-state index in [1.54, 1.807) is 31.2 Å². The lowest BCUT2D eigenvalue weighted by molar-refractivity contribution is 0.122. The molecule has 0 saturated carbocycles. The highest BCUT2D eigenvalue weighted by Crippen LogP contribution is 2.11. The van der Waals surface area contributed by atoms with Gasteiger partial charge in [0.25, 0.3) is 0 Å². The van der Waals surface area contributed by atoms with Gasteiger partial charge in [0.2, 0.25) is 10.0 Å². The van der Waals surface area contributed by atoms with Crippen molar-refractivity contribution in [1.29, 1.82) is 0 Å². The molecule has 1 atom stereocenters. The van der Waals surface area contributed by atoms with Crippen molar-refractivity contribution in [2.24, 2.45) is 5.73 Å². The molecule has 1 rings (SSSR count). The molecule has 0 saturated heterocycles. The molecule has 0 radical (unpaired) electrons. The minimum Gasteiger partial charge on any atom is -0.380 e. The molecule has 5 nitrogen and oxygen atoms in total. The quantitative estimate of drug-likeness (QED) is 0.776. The Morgan fingerprint density at radius 1 is 1.47 bits per heavy atom. The predicted molar refractivity (Wildman–Crippen MR) is 66.0 cm³/mol. The number of hydrogen-bond acceptors (Lipinski definition) is 4. The average Bonchev–Trinajstić information content (AvgIpc) is 2.36. The molecule has 17 heavy (non-hydrogen) atoms. The Morgan fingerprint density at radius 2 is 2.18 bits per heavy atom. The Labute approximate surface area is 102 Å². The van der Waals surface area contributed by atoms with Crippen LogP contribution in [0.5, 0.6) is 0 Å². The second-order valence-electron chi connectivity index (χ2n) is 3.75. The van der Waals surface area contributed by atoms with E-state index in [1.165, 1.54) is 7.11 Å². The normalized spacial score (nSPS) is 13.6. The number of nitrogens with two attached hydrogens (primary N) is 1. The van der Waals surface area contributed by atoms with Crippen LogP contribution in [-0.4, -0.2) is 28.2 Å². The fourth-order valence-corrected chi connectivity index (χ4v) is 2.42. The Kier molecular flexibility index (Phi) is 5.07. The SMILES string of the molecule is COC(C)CNS(=O)(=O)c1cccc(CN)c1. The van der Waals surface area contributed by atoms with E-state index in [0.717, 1.165) is 5.56 Å². The molecular weight excluding hydrogens is 240 g/mol. The first-order valence-electron chi connectivity index (χ1n) is 5.31. The molecule has 0 aliphatic carbocycles. The summed E-state index contributed by atoms with van der Waals surface area (Å²) < 4.78 is 31.3. The Hall–Kier alpha value is -0.950. The predicted octanol–water partition coefficient (Wildman–Crippen LogP) is 0.459. The molecule has 0 fully saturated rings. The molecular formula is C11H18N2O3S. The zero-order valence-electron chi connectivity index (χ0n) is 10.0. The van der Waals surface area contributed by atoms with Crippen LogP contribution in [0.25, 0.3) is 0 Å². The highest BCUT2D eigenvalue weighted by molar-refractivity contribution is 7.89. The van der Waals surface area contributed by atoms with Gasteiger partial charge in [0.15, 0.2) is 0 Å².